The molecule has 96 valence electrons. The van der Waals surface area contributed by atoms with Crippen molar-refractivity contribution in [1.82, 2.24) is 15.5 Å². The molecule has 0 saturated carbocycles. The zero-order valence-electron chi connectivity index (χ0n) is 10.7. The second-order valence-corrected chi connectivity index (χ2v) is 4.54. The van der Waals surface area contributed by atoms with Crippen molar-refractivity contribution in [3.05, 3.63) is 34.7 Å². The van der Waals surface area contributed by atoms with Crippen LogP contribution in [0, 0.1) is 6.92 Å². The van der Waals surface area contributed by atoms with Gasteiger partial charge in [-0.1, -0.05) is 24.6 Å². The minimum absolute atomic E-state index is 0.0516. The van der Waals surface area contributed by atoms with Crippen molar-refractivity contribution in [2.45, 2.75) is 26.8 Å². The van der Waals surface area contributed by atoms with E-state index in [4.69, 9.17) is 16.0 Å². The van der Waals surface area contributed by atoms with Gasteiger partial charge in [0.05, 0.1) is 6.04 Å². The Kier molecular flexibility index (Phi) is 3.99. The summed E-state index contributed by atoms with van der Waals surface area (Å²) in [6.45, 7) is 6.82. The number of hydrogen-bond acceptors (Lipinski definition) is 4. The van der Waals surface area contributed by atoms with Crippen LogP contribution in [0.15, 0.2) is 22.6 Å². The fraction of sp³-hybridized carbons (Fsp3) is 0.385. The first-order valence-electron chi connectivity index (χ1n) is 5.95. The van der Waals surface area contributed by atoms with Gasteiger partial charge in [0.1, 0.15) is 0 Å². The molecule has 0 amide bonds. The average molecular weight is 266 g/mol. The lowest BCUT2D eigenvalue weighted by Crippen LogP contribution is -2.17. The lowest BCUT2D eigenvalue weighted by Gasteiger charge is -2.06. The minimum atomic E-state index is 0.0516. The van der Waals surface area contributed by atoms with E-state index in [0.29, 0.717) is 16.8 Å². The third kappa shape index (κ3) is 2.54. The van der Waals surface area contributed by atoms with Crippen molar-refractivity contribution in [3.8, 4) is 11.5 Å². The van der Waals surface area contributed by atoms with Crippen LogP contribution < -0.4 is 5.32 Å². The van der Waals surface area contributed by atoms with Gasteiger partial charge in [0.15, 0.2) is 0 Å². The van der Waals surface area contributed by atoms with Gasteiger partial charge in [-0.2, -0.15) is 0 Å². The average Bonchev–Trinajstić information content (AvgIpc) is 2.82. The molecule has 0 fully saturated rings. The Morgan fingerprint density at radius 1 is 1.39 bits per heavy atom. The minimum Gasteiger partial charge on any atom is -0.419 e. The molecule has 4 nitrogen and oxygen atoms in total. The molecule has 1 atom stereocenters. The molecule has 0 bridgehead atoms. The van der Waals surface area contributed by atoms with Crippen LogP contribution >= 0.6 is 11.6 Å². The Bertz CT molecular complexity index is 539. The highest BCUT2D eigenvalue weighted by Gasteiger charge is 2.15. The predicted octanol–water partition coefficient (Wildman–Crippen LogP) is 3.37. The van der Waals surface area contributed by atoms with Crippen molar-refractivity contribution >= 4 is 11.6 Å². The number of benzene rings is 1. The number of aromatic nitrogens is 2. The third-order valence-corrected chi connectivity index (χ3v) is 3.23. The van der Waals surface area contributed by atoms with E-state index in [0.717, 1.165) is 17.7 Å². The highest BCUT2D eigenvalue weighted by Crippen LogP contribution is 2.28. The fourth-order valence-electron chi connectivity index (χ4n) is 1.75. The summed E-state index contributed by atoms with van der Waals surface area (Å²) >= 11 is 6.08. The Morgan fingerprint density at radius 2 is 2.17 bits per heavy atom. The maximum Gasteiger partial charge on any atom is 0.248 e. The first-order valence-corrected chi connectivity index (χ1v) is 6.33. The zero-order chi connectivity index (χ0) is 13.1. The van der Waals surface area contributed by atoms with Gasteiger partial charge in [0.25, 0.3) is 0 Å². The molecule has 1 unspecified atom stereocenters. The number of hydrogen-bond donors (Lipinski definition) is 1. The van der Waals surface area contributed by atoms with Crippen LogP contribution in [0.1, 0.15) is 31.3 Å². The summed E-state index contributed by atoms with van der Waals surface area (Å²) in [7, 11) is 0. The van der Waals surface area contributed by atoms with E-state index in [1.165, 1.54) is 0 Å². The molecule has 0 aliphatic carbocycles. The molecule has 18 heavy (non-hydrogen) atoms. The lowest BCUT2D eigenvalue weighted by molar-refractivity contribution is 0.429. The first kappa shape index (κ1) is 13.1. The predicted molar refractivity (Wildman–Crippen MR) is 71.6 cm³/mol. The molecule has 5 heteroatoms. The number of nitrogens with one attached hydrogen (secondary N) is 1. The molecule has 1 aromatic heterocycles. The van der Waals surface area contributed by atoms with E-state index >= 15 is 0 Å². The summed E-state index contributed by atoms with van der Waals surface area (Å²) in [5, 5.41) is 12.1. The summed E-state index contributed by atoms with van der Waals surface area (Å²) < 4.78 is 5.68. The molecule has 1 aromatic carbocycles. The van der Waals surface area contributed by atoms with Gasteiger partial charge >= 0.3 is 0 Å². The summed E-state index contributed by atoms with van der Waals surface area (Å²) in [6.07, 6.45) is 0. The maximum atomic E-state index is 6.08. The Balaban J connectivity index is 2.32. The van der Waals surface area contributed by atoms with Crippen LogP contribution in [0.2, 0.25) is 5.02 Å². The van der Waals surface area contributed by atoms with Gasteiger partial charge in [-0.15, -0.1) is 10.2 Å². The van der Waals surface area contributed by atoms with Gasteiger partial charge < -0.3 is 9.73 Å². The van der Waals surface area contributed by atoms with E-state index in [1.54, 1.807) is 0 Å². The Hall–Kier alpha value is -1.39. The quantitative estimate of drug-likeness (QED) is 0.921. The monoisotopic (exact) mass is 265 g/mol. The smallest absolute Gasteiger partial charge is 0.248 e. The maximum absolute atomic E-state index is 6.08. The van der Waals surface area contributed by atoms with E-state index in [-0.39, 0.29) is 6.04 Å². The van der Waals surface area contributed by atoms with E-state index < -0.39 is 0 Å². The lowest BCUT2D eigenvalue weighted by atomic mass is 10.1. The van der Waals surface area contributed by atoms with Crippen LogP contribution in [-0.4, -0.2) is 16.7 Å². The zero-order valence-corrected chi connectivity index (χ0v) is 11.5. The largest absolute Gasteiger partial charge is 0.419 e. The Morgan fingerprint density at radius 3 is 2.89 bits per heavy atom. The van der Waals surface area contributed by atoms with Crippen molar-refractivity contribution < 1.29 is 4.42 Å². The van der Waals surface area contributed by atoms with Crippen LogP contribution in [-0.2, 0) is 0 Å². The van der Waals surface area contributed by atoms with Crippen LogP contribution in [0.5, 0.6) is 0 Å². The van der Waals surface area contributed by atoms with E-state index in [9.17, 15) is 0 Å². The second kappa shape index (κ2) is 5.50. The SMILES string of the molecule is CCNC(C)c1nnc(-c2cccc(Cl)c2C)o1. The van der Waals surface area contributed by atoms with Gasteiger partial charge in [-0.25, -0.2) is 0 Å². The number of rotatable bonds is 4. The van der Waals surface area contributed by atoms with Gasteiger partial charge in [-0.05, 0) is 38.1 Å². The number of halogens is 1. The van der Waals surface area contributed by atoms with Crippen molar-refractivity contribution in [3.63, 3.8) is 0 Å². The normalized spacial score (nSPS) is 12.7. The van der Waals surface area contributed by atoms with E-state index in [2.05, 4.69) is 15.5 Å². The van der Waals surface area contributed by atoms with Crippen molar-refractivity contribution in [1.29, 1.82) is 0 Å². The van der Waals surface area contributed by atoms with Crippen LogP contribution in [0.4, 0.5) is 0 Å². The fourth-order valence-corrected chi connectivity index (χ4v) is 1.93. The molecular formula is C13H16ClN3O. The van der Waals surface area contributed by atoms with Crippen molar-refractivity contribution in [2.24, 2.45) is 0 Å². The summed E-state index contributed by atoms with van der Waals surface area (Å²) in [5.41, 5.74) is 1.83. The number of nitrogens with zero attached hydrogens (tertiary/aromatic N) is 2. The Labute approximate surface area is 111 Å². The molecule has 1 heterocycles. The molecule has 0 saturated heterocycles. The molecule has 0 radical (unpaired) electrons. The summed E-state index contributed by atoms with van der Waals surface area (Å²) in [6, 6.07) is 5.70. The topological polar surface area (TPSA) is 51.0 Å². The van der Waals surface area contributed by atoms with Crippen LogP contribution in [0.25, 0.3) is 11.5 Å². The molecule has 1 N–H and O–H groups in total. The van der Waals surface area contributed by atoms with Gasteiger partial charge in [-0.3, -0.25) is 0 Å². The second-order valence-electron chi connectivity index (χ2n) is 4.14. The third-order valence-electron chi connectivity index (χ3n) is 2.82. The summed E-state index contributed by atoms with van der Waals surface area (Å²) in [5.74, 6) is 1.10. The van der Waals surface area contributed by atoms with Gasteiger partial charge in [0.2, 0.25) is 11.8 Å². The van der Waals surface area contributed by atoms with Crippen LogP contribution in [0.3, 0.4) is 0 Å². The standard InChI is InChI=1S/C13H16ClN3O/c1-4-15-9(3)12-16-17-13(18-12)10-6-5-7-11(14)8(10)2/h5-7,9,15H,4H2,1-3H3. The first-order chi connectivity index (χ1) is 8.63. The molecule has 0 spiro atoms. The molecule has 0 aliphatic heterocycles. The van der Waals surface area contributed by atoms with Gasteiger partial charge in [0, 0.05) is 10.6 Å². The van der Waals surface area contributed by atoms with E-state index in [1.807, 2.05) is 39.0 Å². The summed E-state index contributed by atoms with van der Waals surface area (Å²) in [4.78, 5) is 0. The molecular weight excluding hydrogens is 250 g/mol. The molecule has 2 aromatic rings. The molecule has 2 rings (SSSR count). The highest BCUT2D eigenvalue weighted by molar-refractivity contribution is 6.31. The van der Waals surface area contributed by atoms with Crippen molar-refractivity contribution in [2.75, 3.05) is 6.54 Å². The highest BCUT2D eigenvalue weighted by atomic mass is 35.5. The molecule has 0 aliphatic rings.